The lowest BCUT2D eigenvalue weighted by Gasteiger charge is -2.20. The fraction of sp³-hybridized carbons (Fsp3) is 0.333. The lowest BCUT2D eigenvalue weighted by atomic mass is 10.1. The Hall–Kier alpha value is -3.60. The van der Waals surface area contributed by atoms with Gasteiger partial charge in [0.05, 0.1) is 12.3 Å². The summed E-state index contributed by atoms with van der Waals surface area (Å²) in [6, 6.07) is 8.71. The average Bonchev–Trinajstić information content (AvgIpc) is 2.74. The molecule has 1 heterocycles. The number of hydrazine groups is 1. The van der Waals surface area contributed by atoms with Crippen LogP contribution in [0.1, 0.15) is 39.3 Å². The first kappa shape index (κ1) is 24.7. The molecule has 0 atom stereocenters. The van der Waals surface area contributed by atoms with Crippen molar-refractivity contribution in [3.63, 3.8) is 0 Å². The van der Waals surface area contributed by atoms with E-state index in [2.05, 4.69) is 20.7 Å². The van der Waals surface area contributed by atoms with Crippen LogP contribution in [0.15, 0.2) is 47.9 Å². The number of anilines is 1. The zero-order valence-electron chi connectivity index (χ0n) is 18.0. The summed E-state index contributed by atoms with van der Waals surface area (Å²) in [7, 11) is 0. The summed E-state index contributed by atoms with van der Waals surface area (Å²) >= 11 is 0. The fourth-order valence-corrected chi connectivity index (χ4v) is 2.53. The maximum Gasteiger partial charge on any atom is 0.342 e. The van der Waals surface area contributed by atoms with Crippen molar-refractivity contribution in [3.05, 3.63) is 53.5 Å². The largest absolute Gasteiger partial charge is 0.496 e. The lowest BCUT2D eigenvalue weighted by Crippen LogP contribution is -2.43. The Morgan fingerprint density at radius 2 is 2.00 bits per heavy atom. The number of alkyl halides is 2. The van der Waals surface area contributed by atoms with Gasteiger partial charge in [-0.2, -0.15) is 14.0 Å². The third-order valence-electron chi connectivity index (χ3n) is 4.22. The van der Waals surface area contributed by atoms with Gasteiger partial charge in [-0.15, -0.1) is 0 Å². The maximum atomic E-state index is 13.9. The molecule has 1 aromatic heterocycles. The molecule has 2 aromatic rings. The molecule has 0 aliphatic rings. The summed E-state index contributed by atoms with van der Waals surface area (Å²) in [4.78, 5) is 20.1. The van der Waals surface area contributed by atoms with Crippen molar-refractivity contribution in [2.24, 2.45) is 0 Å². The van der Waals surface area contributed by atoms with Crippen LogP contribution in [-0.4, -0.2) is 39.2 Å². The molecule has 0 radical (unpaired) electrons. The number of carbonyl (C=O) groups excluding carboxylic acids is 1. The minimum Gasteiger partial charge on any atom is -0.496 e. The number of hydrogen-bond acceptors (Lipinski definition) is 7. The second-order valence-electron chi connectivity index (χ2n) is 6.88. The first-order chi connectivity index (χ1) is 15.2. The number of aromatic nitrogens is 2. The standard InChI is InChI=1S/C21H26F2N6O3/c1-4-5-11-32-14(2)17(13-24)29(31)28-20(30)27-19-25-16(15-9-7-6-8-10-15)12-18(26-19)21(3,22)23/h6-10,12-13,24,31H,4-5,11H2,1-3H3,(H2,25,26,27,28,30)/b17-14-,24-13?. The van der Waals surface area contributed by atoms with Crippen molar-refractivity contribution in [2.75, 3.05) is 11.9 Å². The van der Waals surface area contributed by atoms with Gasteiger partial charge in [0, 0.05) is 18.7 Å². The van der Waals surface area contributed by atoms with Crippen LogP contribution in [-0.2, 0) is 10.7 Å². The molecule has 2 rings (SSSR count). The number of nitrogens with one attached hydrogen (secondary N) is 3. The molecule has 32 heavy (non-hydrogen) atoms. The fourth-order valence-electron chi connectivity index (χ4n) is 2.53. The molecule has 0 fully saturated rings. The minimum atomic E-state index is -3.27. The van der Waals surface area contributed by atoms with E-state index >= 15 is 0 Å². The Morgan fingerprint density at radius 1 is 1.31 bits per heavy atom. The van der Waals surface area contributed by atoms with Gasteiger partial charge in [0.25, 0.3) is 5.92 Å². The summed E-state index contributed by atoms with van der Waals surface area (Å²) in [6.45, 7) is 4.58. The topological polar surface area (TPSA) is 123 Å². The second-order valence-corrected chi connectivity index (χ2v) is 6.88. The summed E-state index contributed by atoms with van der Waals surface area (Å²) < 4.78 is 33.3. The Bertz CT molecular complexity index is 964. The molecule has 1 aromatic carbocycles. The number of rotatable bonds is 10. The summed E-state index contributed by atoms with van der Waals surface area (Å²) in [5.41, 5.74) is 2.10. The summed E-state index contributed by atoms with van der Waals surface area (Å²) in [5.74, 6) is -3.44. The molecule has 0 unspecified atom stereocenters. The van der Waals surface area contributed by atoms with Gasteiger partial charge < -0.3 is 10.1 Å². The third-order valence-corrected chi connectivity index (χ3v) is 4.22. The van der Waals surface area contributed by atoms with Gasteiger partial charge in [-0.1, -0.05) is 43.7 Å². The van der Waals surface area contributed by atoms with Gasteiger partial charge in [0.15, 0.2) is 0 Å². The molecule has 0 saturated carbocycles. The number of allylic oxidation sites excluding steroid dienone is 2. The number of amides is 2. The Balaban J connectivity index is 2.21. The van der Waals surface area contributed by atoms with Gasteiger partial charge in [-0.3, -0.25) is 10.5 Å². The Kier molecular flexibility index (Phi) is 8.59. The van der Waals surface area contributed by atoms with Gasteiger partial charge in [0.1, 0.15) is 17.2 Å². The normalized spacial score (nSPS) is 11.9. The Morgan fingerprint density at radius 3 is 2.59 bits per heavy atom. The van der Waals surface area contributed by atoms with Crippen LogP contribution in [0, 0.1) is 5.41 Å². The molecule has 0 aliphatic heterocycles. The SMILES string of the molecule is CCCCO/C(C)=C(/C=N)N(O)NC(=O)Nc1nc(-c2ccccc2)cc(C(C)(F)F)n1. The second kappa shape index (κ2) is 11.1. The monoisotopic (exact) mass is 448 g/mol. The van der Waals surface area contributed by atoms with E-state index in [0.717, 1.165) is 25.1 Å². The highest BCUT2D eigenvalue weighted by Gasteiger charge is 2.28. The van der Waals surface area contributed by atoms with E-state index in [0.29, 0.717) is 24.3 Å². The van der Waals surface area contributed by atoms with Gasteiger partial charge in [-0.05, 0) is 19.4 Å². The minimum absolute atomic E-state index is 0.115. The van der Waals surface area contributed by atoms with Gasteiger partial charge >= 0.3 is 6.03 Å². The number of halogens is 2. The van der Waals surface area contributed by atoms with Crippen LogP contribution >= 0.6 is 0 Å². The quantitative estimate of drug-likeness (QED) is 0.181. The first-order valence-electron chi connectivity index (χ1n) is 9.89. The van der Waals surface area contributed by atoms with E-state index in [-0.39, 0.29) is 23.1 Å². The van der Waals surface area contributed by atoms with Crippen LogP contribution in [0.2, 0.25) is 0 Å². The number of benzene rings is 1. The van der Waals surface area contributed by atoms with Crippen molar-refractivity contribution in [1.29, 1.82) is 5.41 Å². The number of carbonyl (C=O) groups is 1. The van der Waals surface area contributed by atoms with E-state index in [1.807, 2.05) is 6.92 Å². The summed E-state index contributed by atoms with van der Waals surface area (Å²) in [5, 5.41) is 20.1. The lowest BCUT2D eigenvalue weighted by molar-refractivity contribution is -0.0840. The predicted octanol–water partition coefficient (Wildman–Crippen LogP) is 4.68. The molecule has 2 amide bonds. The van der Waals surface area contributed by atoms with E-state index in [1.54, 1.807) is 30.3 Å². The van der Waals surface area contributed by atoms with Crippen molar-refractivity contribution in [1.82, 2.24) is 20.6 Å². The Labute approximate surface area is 184 Å². The van der Waals surface area contributed by atoms with E-state index < -0.39 is 17.6 Å². The molecule has 172 valence electrons. The van der Waals surface area contributed by atoms with Crippen LogP contribution in [0.3, 0.4) is 0 Å². The highest BCUT2D eigenvalue weighted by atomic mass is 19.3. The predicted molar refractivity (Wildman–Crippen MR) is 115 cm³/mol. The van der Waals surface area contributed by atoms with E-state index in [9.17, 15) is 18.8 Å². The van der Waals surface area contributed by atoms with E-state index in [4.69, 9.17) is 10.1 Å². The van der Waals surface area contributed by atoms with E-state index in [1.165, 1.54) is 6.92 Å². The number of unbranched alkanes of at least 4 members (excludes halogenated alkanes) is 1. The number of urea groups is 1. The molecule has 4 N–H and O–H groups in total. The van der Waals surface area contributed by atoms with Gasteiger partial charge in [-0.25, -0.2) is 20.2 Å². The number of nitrogens with zero attached hydrogens (tertiary/aromatic N) is 3. The van der Waals surface area contributed by atoms with Crippen LogP contribution in [0.4, 0.5) is 19.5 Å². The number of ether oxygens (including phenoxy) is 1. The van der Waals surface area contributed by atoms with Crippen LogP contribution in [0.25, 0.3) is 11.3 Å². The number of hydrogen-bond donors (Lipinski definition) is 4. The average molecular weight is 448 g/mol. The molecular formula is C21H26F2N6O3. The molecule has 0 bridgehead atoms. The van der Waals surface area contributed by atoms with Crippen molar-refractivity contribution >= 4 is 18.2 Å². The van der Waals surface area contributed by atoms with Crippen molar-refractivity contribution in [3.8, 4) is 11.3 Å². The zero-order chi connectivity index (χ0) is 23.7. The van der Waals surface area contributed by atoms with Crippen LogP contribution < -0.4 is 10.7 Å². The van der Waals surface area contributed by atoms with Crippen molar-refractivity contribution < 1.29 is 23.5 Å². The van der Waals surface area contributed by atoms with Crippen molar-refractivity contribution in [2.45, 2.75) is 39.5 Å². The molecular weight excluding hydrogens is 422 g/mol. The first-order valence-corrected chi connectivity index (χ1v) is 9.89. The van der Waals surface area contributed by atoms with Crippen LogP contribution in [0.5, 0.6) is 0 Å². The summed E-state index contributed by atoms with van der Waals surface area (Å²) in [6.07, 6.45) is 2.48. The molecule has 11 heteroatoms. The highest BCUT2D eigenvalue weighted by Crippen LogP contribution is 2.29. The smallest absolute Gasteiger partial charge is 0.342 e. The molecule has 0 saturated heterocycles. The molecule has 0 aliphatic carbocycles. The molecule has 0 spiro atoms. The zero-order valence-corrected chi connectivity index (χ0v) is 18.0. The third kappa shape index (κ3) is 6.98. The van der Waals surface area contributed by atoms with Gasteiger partial charge in [0.2, 0.25) is 5.95 Å². The number of hydroxylamine groups is 1. The maximum absolute atomic E-state index is 13.9. The molecule has 9 nitrogen and oxygen atoms in total. The highest BCUT2D eigenvalue weighted by molar-refractivity contribution is 5.88.